The van der Waals surface area contributed by atoms with E-state index in [4.69, 9.17) is 4.74 Å². The van der Waals surface area contributed by atoms with Crippen LogP contribution in [-0.4, -0.2) is 12.6 Å². The Bertz CT molecular complexity index is 143. The van der Waals surface area contributed by atoms with Crippen LogP contribution in [0.15, 0.2) is 0 Å². The molecule has 0 aliphatic carbocycles. The minimum atomic E-state index is -0.0464. The van der Waals surface area contributed by atoms with Gasteiger partial charge in [0.1, 0.15) is 0 Å². The van der Waals surface area contributed by atoms with Gasteiger partial charge >= 0.3 is 5.97 Å². The number of rotatable bonds is 8. The minimum Gasteiger partial charge on any atom is -0.465 e. The second-order valence-corrected chi connectivity index (χ2v) is 4.03. The summed E-state index contributed by atoms with van der Waals surface area (Å²) in [5.74, 6) is 0.470. The van der Waals surface area contributed by atoms with Gasteiger partial charge in [-0.05, 0) is 18.8 Å². The number of esters is 1. The molecular weight excluding hydrogens is 176 g/mol. The van der Waals surface area contributed by atoms with Gasteiger partial charge in [-0.3, -0.25) is 4.79 Å². The van der Waals surface area contributed by atoms with Gasteiger partial charge in [0.25, 0.3) is 0 Å². The quantitative estimate of drug-likeness (QED) is 0.442. The van der Waals surface area contributed by atoms with E-state index in [0.29, 0.717) is 18.9 Å². The van der Waals surface area contributed by atoms with Gasteiger partial charge in [-0.2, -0.15) is 0 Å². The highest BCUT2D eigenvalue weighted by Crippen LogP contribution is 2.09. The highest BCUT2D eigenvalue weighted by Gasteiger charge is 2.05. The molecular formula is C12H24O2. The van der Waals surface area contributed by atoms with Gasteiger partial charge in [0.2, 0.25) is 0 Å². The lowest BCUT2D eigenvalue weighted by molar-refractivity contribution is -0.144. The molecule has 1 atom stereocenters. The van der Waals surface area contributed by atoms with Crippen molar-refractivity contribution in [1.82, 2.24) is 0 Å². The SMILES string of the molecule is CCCCCC(C)COC(=O)CCC. The fraction of sp³-hybridized carbons (Fsp3) is 0.917. The molecule has 0 N–H and O–H groups in total. The number of hydrogen-bond acceptors (Lipinski definition) is 2. The van der Waals surface area contributed by atoms with E-state index in [-0.39, 0.29) is 5.97 Å². The van der Waals surface area contributed by atoms with Crippen molar-refractivity contribution < 1.29 is 9.53 Å². The lowest BCUT2D eigenvalue weighted by Crippen LogP contribution is -2.11. The third kappa shape index (κ3) is 8.09. The molecule has 1 unspecified atom stereocenters. The zero-order valence-corrected chi connectivity index (χ0v) is 9.84. The summed E-state index contributed by atoms with van der Waals surface area (Å²) in [6.07, 6.45) is 6.40. The maximum absolute atomic E-state index is 11.1. The van der Waals surface area contributed by atoms with Crippen LogP contribution in [-0.2, 0) is 9.53 Å². The third-order valence-electron chi connectivity index (χ3n) is 2.28. The number of carbonyl (C=O) groups excluding carboxylic acids is 1. The van der Waals surface area contributed by atoms with Gasteiger partial charge < -0.3 is 4.74 Å². The van der Waals surface area contributed by atoms with Crippen molar-refractivity contribution in [2.24, 2.45) is 5.92 Å². The van der Waals surface area contributed by atoms with Gasteiger partial charge in [-0.1, -0.05) is 40.0 Å². The third-order valence-corrected chi connectivity index (χ3v) is 2.28. The van der Waals surface area contributed by atoms with Gasteiger partial charge in [-0.15, -0.1) is 0 Å². The first-order chi connectivity index (χ1) is 6.70. The van der Waals surface area contributed by atoms with Crippen molar-refractivity contribution in [2.75, 3.05) is 6.61 Å². The summed E-state index contributed by atoms with van der Waals surface area (Å²) < 4.78 is 5.14. The van der Waals surface area contributed by atoms with Crippen LogP contribution in [0.5, 0.6) is 0 Å². The van der Waals surface area contributed by atoms with Crippen molar-refractivity contribution in [3.8, 4) is 0 Å². The Balaban J connectivity index is 3.33. The molecule has 0 aliphatic heterocycles. The van der Waals surface area contributed by atoms with Crippen molar-refractivity contribution >= 4 is 5.97 Å². The summed E-state index contributed by atoms with van der Waals surface area (Å²) in [6, 6.07) is 0. The summed E-state index contributed by atoms with van der Waals surface area (Å²) in [7, 11) is 0. The molecule has 0 fully saturated rings. The zero-order valence-electron chi connectivity index (χ0n) is 9.84. The van der Waals surface area contributed by atoms with Gasteiger partial charge in [0.05, 0.1) is 6.61 Å². The van der Waals surface area contributed by atoms with Crippen LogP contribution in [0.3, 0.4) is 0 Å². The Morgan fingerprint density at radius 2 is 1.93 bits per heavy atom. The number of unbranched alkanes of at least 4 members (excludes halogenated alkanes) is 2. The first-order valence-electron chi connectivity index (χ1n) is 5.86. The lowest BCUT2D eigenvalue weighted by atomic mass is 10.0. The number of carbonyl (C=O) groups is 1. The average Bonchev–Trinajstić information content (AvgIpc) is 2.16. The zero-order chi connectivity index (χ0) is 10.8. The van der Waals surface area contributed by atoms with E-state index >= 15 is 0 Å². The second kappa shape index (κ2) is 9.04. The molecule has 0 saturated heterocycles. The standard InChI is InChI=1S/C12H24O2/c1-4-6-7-9-11(3)10-14-12(13)8-5-2/h11H,4-10H2,1-3H3. The molecule has 2 nitrogen and oxygen atoms in total. The lowest BCUT2D eigenvalue weighted by Gasteiger charge is -2.11. The maximum atomic E-state index is 11.1. The molecule has 14 heavy (non-hydrogen) atoms. The first kappa shape index (κ1) is 13.5. The Morgan fingerprint density at radius 1 is 1.21 bits per heavy atom. The largest absolute Gasteiger partial charge is 0.465 e. The summed E-state index contributed by atoms with van der Waals surface area (Å²) in [6.45, 7) is 6.94. The Kier molecular flexibility index (Phi) is 8.70. The second-order valence-electron chi connectivity index (χ2n) is 4.03. The molecule has 0 amide bonds. The first-order valence-corrected chi connectivity index (χ1v) is 5.86. The van der Waals surface area contributed by atoms with Gasteiger partial charge in [0, 0.05) is 6.42 Å². The predicted octanol–water partition coefficient (Wildman–Crippen LogP) is 3.55. The summed E-state index contributed by atoms with van der Waals surface area (Å²) in [5.41, 5.74) is 0. The molecule has 0 radical (unpaired) electrons. The van der Waals surface area contributed by atoms with Crippen LogP contribution in [0, 0.1) is 5.92 Å². The van der Waals surface area contributed by atoms with Crippen LogP contribution in [0.25, 0.3) is 0 Å². The van der Waals surface area contributed by atoms with E-state index in [2.05, 4.69) is 13.8 Å². The van der Waals surface area contributed by atoms with Crippen molar-refractivity contribution in [3.63, 3.8) is 0 Å². The fourth-order valence-electron chi connectivity index (χ4n) is 1.34. The summed E-state index contributed by atoms with van der Waals surface area (Å²) in [4.78, 5) is 11.1. The predicted molar refractivity (Wildman–Crippen MR) is 59.2 cm³/mol. The van der Waals surface area contributed by atoms with Crippen LogP contribution in [0.1, 0.15) is 59.3 Å². The van der Waals surface area contributed by atoms with E-state index in [0.717, 1.165) is 6.42 Å². The number of ether oxygens (including phenoxy) is 1. The van der Waals surface area contributed by atoms with Crippen LogP contribution in [0.4, 0.5) is 0 Å². The van der Waals surface area contributed by atoms with Gasteiger partial charge in [0.15, 0.2) is 0 Å². The minimum absolute atomic E-state index is 0.0464. The van der Waals surface area contributed by atoms with Gasteiger partial charge in [-0.25, -0.2) is 0 Å². The van der Waals surface area contributed by atoms with Crippen molar-refractivity contribution in [2.45, 2.75) is 59.3 Å². The smallest absolute Gasteiger partial charge is 0.305 e. The molecule has 0 spiro atoms. The normalized spacial score (nSPS) is 12.5. The summed E-state index contributed by atoms with van der Waals surface area (Å²) >= 11 is 0. The molecule has 0 rings (SSSR count). The molecule has 0 heterocycles. The fourth-order valence-corrected chi connectivity index (χ4v) is 1.34. The molecule has 0 saturated carbocycles. The van der Waals surface area contributed by atoms with E-state index in [1.807, 2.05) is 6.92 Å². The highest BCUT2D eigenvalue weighted by atomic mass is 16.5. The Labute approximate surface area is 88.0 Å². The maximum Gasteiger partial charge on any atom is 0.305 e. The monoisotopic (exact) mass is 200 g/mol. The molecule has 2 heteroatoms. The average molecular weight is 200 g/mol. The van der Waals surface area contributed by atoms with E-state index < -0.39 is 0 Å². The molecule has 0 bridgehead atoms. The van der Waals surface area contributed by atoms with Crippen molar-refractivity contribution in [3.05, 3.63) is 0 Å². The molecule has 0 aromatic heterocycles. The van der Waals surface area contributed by atoms with E-state index in [1.54, 1.807) is 0 Å². The summed E-state index contributed by atoms with van der Waals surface area (Å²) in [5, 5.41) is 0. The van der Waals surface area contributed by atoms with Crippen molar-refractivity contribution in [1.29, 1.82) is 0 Å². The highest BCUT2D eigenvalue weighted by molar-refractivity contribution is 5.69. The van der Waals surface area contributed by atoms with Crippen LogP contribution >= 0.6 is 0 Å². The topological polar surface area (TPSA) is 26.3 Å². The number of hydrogen-bond donors (Lipinski definition) is 0. The molecule has 84 valence electrons. The van der Waals surface area contributed by atoms with E-state index in [9.17, 15) is 4.79 Å². The van der Waals surface area contributed by atoms with Crippen LogP contribution in [0.2, 0.25) is 0 Å². The molecule has 0 aromatic carbocycles. The molecule has 0 aliphatic rings. The Hall–Kier alpha value is -0.530. The van der Waals surface area contributed by atoms with E-state index in [1.165, 1.54) is 25.7 Å². The Morgan fingerprint density at radius 3 is 2.50 bits per heavy atom. The molecule has 0 aromatic rings. The van der Waals surface area contributed by atoms with Crippen LogP contribution < -0.4 is 0 Å².